The largest absolute Gasteiger partial charge is 0.461 e. The van der Waals surface area contributed by atoms with Gasteiger partial charge in [0.1, 0.15) is 11.5 Å². The van der Waals surface area contributed by atoms with Gasteiger partial charge in [-0.05, 0) is 27.7 Å². The lowest BCUT2D eigenvalue weighted by Crippen LogP contribution is -2.43. The predicted molar refractivity (Wildman–Crippen MR) is 83.3 cm³/mol. The average Bonchev–Trinajstić information content (AvgIpc) is 2.47. The zero-order valence-electron chi connectivity index (χ0n) is 13.3. The first-order valence-corrected chi connectivity index (χ1v) is 7.43. The maximum Gasteiger partial charge on any atom is 0.362 e. The van der Waals surface area contributed by atoms with Crippen LogP contribution >= 0.6 is 0 Å². The van der Waals surface area contributed by atoms with E-state index in [4.69, 9.17) is 4.74 Å². The lowest BCUT2D eigenvalue weighted by molar-refractivity contribution is 0.0516. The van der Waals surface area contributed by atoms with Gasteiger partial charge in [0.15, 0.2) is 5.96 Å². The number of hydrogen-bond acceptors (Lipinski definition) is 5. The summed E-state index contributed by atoms with van der Waals surface area (Å²) in [7, 11) is 0. The van der Waals surface area contributed by atoms with Crippen molar-refractivity contribution in [2.24, 2.45) is 4.99 Å². The second kappa shape index (κ2) is 6.59. The van der Waals surface area contributed by atoms with Crippen LogP contribution in [0, 0.1) is 0 Å². The molecule has 1 aliphatic heterocycles. The summed E-state index contributed by atoms with van der Waals surface area (Å²) >= 11 is 0. The Hall–Kier alpha value is -2.38. The Labute approximate surface area is 128 Å². The Bertz CT molecular complexity index is 665. The Morgan fingerprint density at radius 1 is 1.41 bits per heavy atom. The standard InChI is InChI=1S/C14H21N5O3/c1-5-15-14-16-8(4)9-11(18-14)19(6-2)12(20)10(17-9)13(21)22-7-3/h8H,5-7H2,1-4H3,(H2,15,16,18). The van der Waals surface area contributed by atoms with Crippen molar-refractivity contribution in [1.29, 1.82) is 0 Å². The quantitative estimate of drug-likeness (QED) is 0.802. The summed E-state index contributed by atoms with van der Waals surface area (Å²) in [4.78, 5) is 32.9. The number of aliphatic imine (C=N–C) groups is 1. The Morgan fingerprint density at radius 3 is 2.73 bits per heavy atom. The van der Waals surface area contributed by atoms with Crippen molar-refractivity contribution in [2.45, 2.75) is 40.3 Å². The summed E-state index contributed by atoms with van der Waals surface area (Å²) in [6, 6.07) is -0.173. The molecule has 120 valence electrons. The van der Waals surface area contributed by atoms with E-state index in [1.165, 1.54) is 4.57 Å². The molecule has 1 unspecified atom stereocenters. The van der Waals surface area contributed by atoms with Gasteiger partial charge in [-0.2, -0.15) is 0 Å². The highest BCUT2D eigenvalue weighted by Crippen LogP contribution is 2.23. The van der Waals surface area contributed by atoms with Crippen LogP contribution in [0.2, 0.25) is 0 Å². The Morgan fingerprint density at radius 2 is 2.14 bits per heavy atom. The van der Waals surface area contributed by atoms with Crippen LogP contribution in [-0.2, 0) is 11.3 Å². The summed E-state index contributed by atoms with van der Waals surface area (Å²) in [5.41, 5.74) is -0.0505. The molecule has 22 heavy (non-hydrogen) atoms. The molecule has 8 heteroatoms. The van der Waals surface area contributed by atoms with Gasteiger partial charge in [0, 0.05) is 13.1 Å². The van der Waals surface area contributed by atoms with E-state index in [1.54, 1.807) is 6.92 Å². The fourth-order valence-electron chi connectivity index (χ4n) is 2.32. The molecule has 0 amide bonds. The molecule has 1 aromatic heterocycles. The van der Waals surface area contributed by atoms with Gasteiger partial charge in [0.05, 0.1) is 12.6 Å². The molecule has 0 bridgehead atoms. The maximum absolute atomic E-state index is 12.5. The zero-order chi connectivity index (χ0) is 16.3. The third-order valence-electron chi connectivity index (χ3n) is 3.29. The van der Waals surface area contributed by atoms with Crippen molar-refractivity contribution >= 4 is 17.7 Å². The molecule has 1 aliphatic rings. The fraction of sp³-hybridized carbons (Fsp3) is 0.571. The first-order valence-electron chi connectivity index (χ1n) is 7.43. The van der Waals surface area contributed by atoms with E-state index >= 15 is 0 Å². The number of anilines is 1. The van der Waals surface area contributed by atoms with Crippen LogP contribution in [0.5, 0.6) is 0 Å². The highest BCUT2D eigenvalue weighted by Gasteiger charge is 2.28. The van der Waals surface area contributed by atoms with Crippen LogP contribution in [-0.4, -0.2) is 34.6 Å². The lowest BCUT2D eigenvalue weighted by atomic mass is 10.2. The van der Waals surface area contributed by atoms with Gasteiger partial charge in [-0.15, -0.1) is 0 Å². The number of aromatic nitrogens is 2. The molecule has 0 saturated carbocycles. The summed E-state index contributed by atoms with van der Waals surface area (Å²) < 4.78 is 6.40. The lowest BCUT2D eigenvalue weighted by Gasteiger charge is -2.28. The van der Waals surface area contributed by atoms with Gasteiger partial charge >= 0.3 is 5.97 Å². The smallest absolute Gasteiger partial charge is 0.362 e. The van der Waals surface area contributed by atoms with Crippen molar-refractivity contribution in [3.63, 3.8) is 0 Å². The summed E-state index contributed by atoms with van der Waals surface area (Å²) in [6.07, 6.45) is 0. The van der Waals surface area contributed by atoms with E-state index in [9.17, 15) is 9.59 Å². The van der Waals surface area contributed by atoms with Gasteiger partial charge < -0.3 is 15.4 Å². The maximum atomic E-state index is 12.5. The van der Waals surface area contributed by atoms with Gasteiger partial charge in [-0.1, -0.05) is 0 Å². The molecule has 0 radical (unpaired) electrons. The van der Waals surface area contributed by atoms with Gasteiger partial charge in [0.2, 0.25) is 5.69 Å². The normalized spacial score (nSPS) is 18.4. The van der Waals surface area contributed by atoms with E-state index < -0.39 is 11.5 Å². The van der Waals surface area contributed by atoms with E-state index in [0.29, 0.717) is 30.6 Å². The molecule has 8 nitrogen and oxygen atoms in total. The monoisotopic (exact) mass is 307 g/mol. The molecule has 0 fully saturated rings. The van der Waals surface area contributed by atoms with E-state index in [0.717, 1.165) is 0 Å². The highest BCUT2D eigenvalue weighted by atomic mass is 16.5. The number of hydrogen-bond donors (Lipinski definition) is 2. The van der Waals surface area contributed by atoms with Crippen LogP contribution in [0.1, 0.15) is 49.9 Å². The Balaban J connectivity index is 2.60. The number of carbonyl (C=O) groups is 1. The second-order valence-corrected chi connectivity index (χ2v) is 4.78. The molecule has 0 aromatic carbocycles. The molecule has 1 atom stereocenters. The van der Waals surface area contributed by atoms with Crippen molar-refractivity contribution in [1.82, 2.24) is 14.9 Å². The number of guanidine groups is 1. The molecular formula is C14H21N5O3. The summed E-state index contributed by atoms with van der Waals surface area (Å²) in [5.74, 6) is 0.464. The van der Waals surface area contributed by atoms with E-state index in [2.05, 4.69) is 20.6 Å². The SMILES string of the molecule is CCN=C1Nc2c(nc(C(=O)OCC)c(=O)n2CC)C(C)N1. The number of esters is 1. The topological polar surface area (TPSA) is 97.6 Å². The van der Waals surface area contributed by atoms with Crippen molar-refractivity contribution in [2.75, 3.05) is 18.5 Å². The number of nitrogens with one attached hydrogen (secondary N) is 2. The average molecular weight is 307 g/mol. The number of carbonyl (C=O) groups excluding carboxylic acids is 1. The van der Waals surface area contributed by atoms with Crippen LogP contribution < -0.4 is 16.2 Å². The molecule has 0 spiro atoms. The molecule has 1 aromatic rings. The minimum atomic E-state index is -0.697. The minimum Gasteiger partial charge on any atom is -0.461 e. The number of nitrogens with zero attached hydrogens (tertiary/aromatic N) is 3. The number of rotatable bonds is 4. The second-order valence-electron chi connectivity index (χ2n) is 4.78. The van der Waals surface area contributed by atoms with E-state index in [-0.39, 0.29) is 18.3 Å². The first kappa shape index (κ1) is 16.0. The first-order chi connectivity index (χ1) is 10.5. The Kier molecular flexibility index (Phi) is 4.79. The van der Waals surface area contributed by atoms with E-state index in [1.807, 2.05) is 20.8 Å². The van der Waals surface area contributed by atoms with Crippen molar-refractivity contribution in [3.8, 4) is 0 Å². The number of ether oxygens (including phenoxy) is 1. The summed E-state index contributed by atoms with van der Waals surface area (Å²) in [6.45, 7) is 8.57. The van der Waals surface area contributed by atoms with Crippen LogP contribution in [0.25, 0.3) is 0 Å². The summed E-state index contributed by atoms with van der Waals surface area (Å²) in [5, 5.41) is 6.23. The molecule has 2 heterocycles. The van der Waals surface area contributed by atoms with Crippen LogP contribution in [0.3, 0.4) is 0 Å². The fourth-order valence-corrected chi connectivity index (χ4v) is 2.32. The van der Waals surface area contributed by atoms with Gasteiger partial charge in [-0.25, -0.2) is 9.78 Å². The molecular weight excluding hydrogens is 286 g/mol. The van der Waals surface area contributed by atoms with Gasteiger partial charge in [-0.3, -0.25) is 14.4 Å². The van der Waals surface area contributed by atoms with Gasteiger partial charge in [0.25, 0.3) is 5.56 Å². The molecule has 0 aliphatic carbocycles. The molecule has 2 N–H and O–H groups in total. The third-order valence-corrected chi connectivity index (χ3v) is 3.29. The minimum absolute atomic E-state index is 0.173. The molecule has 2 rings (SSSR count). The van der Waals surface area contributed by atoms with Crippen LogP contribution in [0.15, 0.2) is 9.79 Å². The number of fused-ring (bicyclic) bond motifs is 1. The van der Waals surface area contributed by atoms with Crippen molar-refractivity contribution in [3.05, 3.63) is 21.7 Å². The zero-order valence-corrected chi connectivity index (χ0v) is 13.3. The highest BCUT2D eigenvalue weighted by molar-refractivity contribution is 5.96. The predicted octanol–water partition coefficient (Wildman–Crippen LogP) is 0.892. The van der Waals surface area contributed by atoms with Crippen molar-refractivity contribution < 1.29 is 9.53 Å². The molecule has 0 saturated heterocycles. The van der Waals surface area contributed by atoms with Crippen LogP contribution in [0.4, 0.5) is 5.82 Å². The third kappa shape index (κ3) is 2.81.